The molecule has 1 nitrogen and oxygen atoms in total. The summed E-state index contributed by atoms with van der Waals surface area (Å²) in [5, 5.41) is 4.56. The second-order valence-electron chi connectivity index (χ2n) is 3.34. The van der Waals surface area contributed by atoms with Crippen molar-refractivity contribution < 1.29 is 0 Å². The number of rotatable bonds is 3. The lowest BCUT2D eigenvalue weighted by atomic mass is 10.2. The average molecular weight is 215 g/mol. The summed E-state index contributed by atoms with van der Waals surface area (Å²) in [5.74, 6) is 2.78. The van der Waals surface area contributed by atoms with Crippen molar-refractivity contribution in [2.24, 2.45) is 0 Å². The molecule has 1 unspecified atom stereocenters. The Morgan fingerprint density at radius 2 is 2.27 bits per heavy atom. The van der Waals surface area contributed by atoms with Crippen LogP contribution in [0.3, 0.4) is 0 Å². The van der Waals surface area contributed by atoms with E-state index in [1.165, 1.54) is 15.0 Å². The molecule has 0 fully saturated rings. The summed E-state index contributed by atoms with van der Waals surface area (Å²) < 4.78 is 1.30. The minimum atomic E-state index is 0.0485. The van der Waals surface area contributed by atoms with E-state index in [0.717, 1.165) is 6.54 Å². The molecule has 0 aliphatic heterocycles. The van der Waals surface area contributed by atoms with Crippen LogP contribution in [0.5, 0.6) is 0 Å². The zero-order valence-electron chi connectivity index (χ0n) is 8.66. The smallest absolute Gasteiger partial charge is 0.104 e. The Morgan fingerprint density at radius 3 is 2.93 bits per heavy atom. The van der Waals surface area contributed by atoms with Crippen LogP contribution in [0.25, 0.3) is 10.1 Å². The van der Waals surface area contributed by atoms with Crippen LogP contribution in [0, 0.1) is 12.3 Å². The lowest BCUT2D eigenvalue weighted by molar-refractivity contribution is 0.674. The summed E-state index contributed by atoms with van der Waals surface area (Å²) in [4.78, 5) is 1.22. The van der Waals surface area contributed by atoms with Crippen LogP contribution in [-0.4, -0.2) is 6.54 Å². The second-order valence-corrected chi connectivity index (χ2v) is 4.46. The van der Waals surface area contributed by atoms with Crippen molar-refractivity contribution in [2.75, 3.05) is 6.54 Å². The first-order valence-corrected chi connectivity index (χ1v) is 5.84. The number of hydrogen-bond donors (Lipinski definition) is 1. The van der Waals surface area contributed by atoms with Gasteiger partial charge in [0.15, 0.2) is 0 Å². The third-order valence-electron chi connectivity index (χ3n) is 2.30. The molecule has 2 aromatic rings. The number of benzene rings is 1. The third kappa shape index (κ3) is 2.04. The molecule has 2 rings (SSSR count). The third-order valence-corrected chi connectivity index (χ3v) is 3.48. The molecule has 1 N–H and O–H groups in total. The zero-order valence-corrected chi connectivity index (χ0v) is 9.47. The maximum Gasteiger partial charge on any atom is 0.104 e. The maximum absolute atomic E-state index is 5.51. The van der Waals surface area contributed by atoms with Crippen LogP contribution in [0.2, 0.25) is 0 Å². The molecule has 0 amide bonds. The van der Waals surface area contributed by atoms with Gasteiger partial charge in [0.25, 0.3) is 0 Å². The first-order valence-electron chi connectivity index (χ1n) is 5.03. The molecule has 0 spiro atoms. The minimum Gasteiger partial charge on any atom is -0.300 e. The molecule has 1 aromatic heterocycles. The van der Waals surface area contributed by atoms with E-state index in [2.05, 4.69) is 48.5 Å². The molecular formula is C13H13NS. The fourth-order valence-corrected chi connectivity index (χ4v) is 2.69. The van der Waals surface area contributed by atoms with Gasteiger partial charge in [-0.05, 0) is 24.1 Å². The topological polar surface area (TPSA) is 12.0 Å². The number of terminal acetylenes is 1. The lowest BCUT2D eigenvalue weighted by Crippen LogP contribution is -2.17. The molecule has 1 aromatic carbocycles. The standard InChI is InChI=1S/C13H13NS/c1-3-11(14-4-2)13-9-10-7-5-6-8-12(10)15-13/h1,5-9,11,14H,4H2,2H3. The van der Waals surface area contributed by atoms with Crippen LogP contribution in [0.15, 0.2) is 30.3 Å². The largest absolute Gasteiger partial charge is 0.300 e. The Balaban J connectivity index is 2.39. The van der Waals surface area contributed by atoms with Crippen LogP contribution in [-0.2, 0) is 0 Å². The number of hydrogen-bond acceptors (Lipinski definition) is 2. The predicted octanol–water partition coefficient (Wildman–Crippen LogP) is 3.19. The summed E-state index contributed by atoms with van der Waals surface area (Å²) in [6.45, 7) is 2.96. The van der Waals surface area contributed by atoms with Gasteiger partial charge in [0, 0.05) is 9.58 Å². The highest BCUT2D eigenvalue weighted by molar-refractivity contribution is 7.19. The van der Waals surface area contributed by atoms with Gasteiger partial charge in [0.2, 0.25) is 0 Å². The quantitative estimate of drug-likeness (QED) is 0.775. The summed E-state index contributed by atoms with van der Waals surface area (Å²) >= 11 is 1.76. The Morgan fingerprint density at radius 1 is 1.47 bits per heavy atom. The van der Waals surface area contributed by atoms with Crippen LogP contribution in [0.4, 0.5) is 0 Å². The van der Waals surface area contributed by atoms with Crippen molar-refractivity contribution in [3.05, 3.63) is 35.2 Å². The molecule has 76 valence electrons. The van der Waals surface area contributed by atoms with E-state index in [1.54, 1.807) is 11.3 Å². The maximum atomic E-state index is 5.51. The van der Waals surface area contributed by atoms with Crippen LogP contribution >= 0.6 is 11.3 Å². The minimum absolute atomic E-state index is 0.0485. The fraction of sp³-hybridized carbons (Fsp3) is 0.231. The van der Waals surface area contributed by atoms with Gasteiger partial charge in [-0.1, -0.05) is 31.0 Å². The molecule has 0 radical (unpaired) electrons. The molecule has 0 saturated carbocycles. The first-order chi connectivity index (χ1) is 7.35. The number of nitrogens with one attached hydrogen (secondary N) is 1. The van der Waals surface area contributed by atoms with E-state index >= 15 is 0 Å². The normalized spacial score (nSPS) is 12.5. The molecule has 0 aliphatic carbocycles. The van der Waals surface area contributed by atoms with Gasteiger partial charge in [0.1, 0.15) is 6.04 Å². The molecule has 2 heteroatoms. The summed E-state index contributed by atoms with van der Waals surface area (Å²) in [6.07, 6.45) is 5.51. The van der Waals surface area contributed by atoms with Crippen molar-refractivity contribution in [3.8, 4) is 12.3 Å². The zero-order chi connectivity index (χ0) is 10.7. The molecule has 15 heavy (non-hydrogen) atoms. The van der Waals surface area contributed by atoms with Gasteiger partial charge in [-0.2, -0.15) is 0 Å². The van der Waals surface area contributed by atoms with Crippen LogP contribution < -0.4 is 5.32 Å². The van der Waals surface area contributed by atoms with Gasteiger partial charge in [-0.15, -0.1) is 17.8 Å². The Kier molecular flexibility index (Phi) is 3.05. The van der Waals surface area contributed by atoms with Gasteiger partial charge in [-0.25, -0.2) is 0 Å². The SMILES string of the molecule is C#CC(NCC)c1cc2ccccc2s1. The molecule has 0 saturated heterocycles. The fourth-order valence-electron chi connectivity index (χ4n) is 1.59. The Labute approximate surface area is 94.1 Å². The van der Waals surface area contributed by atoms with Gasteiger partial charge < -0.3 is 0 Å². The van der Waals surface area contributed by atoms with Gasteiger partial charge in [0.05, 0.1) is 0 Å². The summed E-state index contributed by atoms with van der Waals surface area (Å²) in [6, 6.07) is 10.6. The number of thiophene rings is 1. The molecule has 1 atom stereocenters. The lowest BCUT2D eigenvalue weighted by Gasteiger charge is -2.07. The highest BCUT2D eigenvalue weighted by Gasteiger charge is 2.09. The molecule has 0 bridgehead atoms. The van der Waals surface area contributed by atoms with Gasteiger partial charge >= 0.3 is 0 Å². The van der Waals surface area contributed by atoms with E-state index in [4.69, 9.17) is 6.42 Å². The van der Waals surface area contributed by atoms with E-state index in [0.29, 0.717) is 0 Å². The summed E-state index contributed by atoms with van der Waals surface area (Å²) in [7, 11) is 0. The van der Waals surface area contributed by atoms with E-state index in [-0.39, 0.29) is 6.04 Å². The van der Waals surface area contributed by atoms with E-state index in [1.807, 2.05) is 0 Å². The average Bonchev–Trinajstić information content (AvgIpc) is 2.69. The molecule has 0 aliphatic rings. The van der Waals surface area contributed by atoms with Crippen molar-refractivity contribution in [1.82, 2.24) is 5.32 Å². The second kappa shape index (κ2) is 4.48. The molecule has 1 heterocycles. The van der Waals surface area contributed by atoms with Crippen LogP contribution in [0.1, 0.15) is 17.8 Å². The molecular weight excluding hydrogens is 202 g/mol. The highest BCUT2D eigenvalue weighted by Crippen LogP contribution is 2.29. The Bertz CT molecular complexity index is 459. The van der Waals surface area contributed by atoms with E-state index in [9.17, 15) is 0 Å². The van der Waals surface area contributed by atoms with Crippen molar-refractivity contribution in [1.29, 1.82) is 0 Å². The first kappa shape index (κ1) is 10.2. The van der Waals surface area contributed by atoms with E-state index < -0.39 is 0 Å². The van der Waals surface area contributed by atoms with Gasteiger partial charge in [-0.3, -0.25) is 5.32 Å². The predicted molar refractivity (Wildman–Crippen MR) is 67.1 cm³/mol. The highest BCUT2D eigenvalue weighted by atomic mass is 32.1. The monoisotopic (exact) mass is 215 g/mol. The number of fused-ring (bicyclic) bond motifs is 1. The van der Waals surface area contributed by atoms with Crippen molar-refractivity contribution >= 4 is 21.4 Å². The van der Waals surface area contributed by atoms with Crippen molar-refractivity contribution in [3.63, 3.8) is 0 Å². The summed E-state index contributed by atoms with van der Waals surface area (Å²) in [5.41, 5.74) is 0. The Hall–Kier alpha value is -1.30. The van der Waals surface area contributed by atoms with Crippen molar-refractivity contribution in [2.45, 2.75) is 13.0 Å².